The van der Waals surface area contributed by atoms with Crippen molar-refractivity contribution in [3.8, 4) is 0 Å². The Hall–Kier alpha value is -0.450. The average Bonchev–Trinajstić information content (AvgIpc) is 2.37. The highest BCUT2D eigenvalue weighted by atomic mass is 79.9. The summed E-state index contributed by atoms with van der Waals surface area (Å²) in [6.45, 7) is 5.53. The average molecular weight is 327 g/mol. The van der Waals surface area contributed by atoms with E-state index in [1.165, 1.54) is 38.4 Å². The summed E-state index contributed by atoms with van der Waals surface area (Å²) in [5.41, 5.74) is 1.07. The van der Waals surface area contributed by atoms with Gasteiger partial charge in [0.25, 0.3) is 0 Å². The van der Waals surface area contributed by atoms with E-state index in [9.17, 15) is 4.39 Å². The number of halogens is 2. The van der Waals surface area contributed by atoms with Crippen molar-refractivity contribution in [1.29, 1.82) is 0 Å². The summed E-state index contributed by atoms with van der Waals surface area (Å²) in [5, 5.41) is 0. The predicted molar refractivity (Wildman–Crippen MR) is 78.6 cm³/mol. The Bertz CT molecular complexity index is 432. The predicted octanol–water partition coefficient (Wildman–Crippen LogP) is 3.26. The normalized spacial score (nSPS) is 25.3. The maximum Gasteiger partial charge on any atom is 0.124 e. The van der Waals surface area contributed by atoms with Crippen molar-refractivity contribution in [3.63, 3.8) is 0 Å². The molecule has 2 heterocycles. The lowest BCUT2D eigenvalue weighted by Crippen LogP contribution is -2.54. The van der Waals surface area contributed by atoms with E-state index in [-0.39, 0.29) is 5.82 Å². The van der Waals surface area contributed by atoms with Gasteiger partial charge in [0.05, 0.1) is 0 Å². The lowest BCUT2D eigenvalue weighted by atomic mass is 9.99. The Morgan fingerprint density at radius 3 is 2.89 bits per heavy atom. The van der Waals surface area contributed by atoms with Crippen LogP contribution in [0.2, 0.25) is 0 Å². The van der Waals surface area contributed by atoms with Crippen molar-refractivity contribution < 1.29 is 4.39 Å². The molecule has 2 aliphatic heterocycles. The van der Waals surface area contributed by atoms with Crippen molar-refractivity contribution in [2.24, 2.45) is 0 Å². The number of benzene rings is 1. The van der Waals surface area contributed by atoms with Crippen LogP contribution in [0, 0.1) is 5.82 Å². The summed E-state index contributed by atoms with van der Waals surface area (Å²) in [5.74, 6) is -0.152. The third kappa shape index (κ3) is 3.36. The first-order chi connectivity index (χ1) is 9.20. The van der Waals surface area contributed by atoms with Gasteiger partial charge >= 0.3 is 0 Å². The van der Waals surface area contributed by atoms with Gasteiger partial charge in [-0.3, -0.25) is 9.80 Å². The number of hydrogen-bond donors (Lipinski definition) is 0. The maximum atomic E-state index is 13.4. The molecule has 0 saturated carbocycles. The SMILES string of the molecule is Fc1cc(Br)cc(CN2CCN3CCCCC3C2)c1. The molecule has 3 rings (SSSR count). The first-order valence-corrected chi connectivity index (χ1v) is 7.91. The molecule has 2 aliphatic rings. The highest BCUT2D eigenvalue weighted by Crippen LogP contribution is 2.23. The van der Waals surface area contributed by atoms with Crippen molar-refractivity contribution in [1.82, 2.24) is 9.80 Å². The molecule has 1 unspecified atom stereocenters. The van der Waals surface area contributed by atoms with Crippen LogP contribution in [0.15, 0.2) is 22.7 Å². The van der Waals surface area contributed by atoms with Crippen LogP contribution in [-0.2, 0) is 6.54 Å². The van der Waals surface area contributed by atoms with E-state index >= 15 is 0 Å². The van der Waals surface area contributed by atoms with E-state index in [1.54, 1.807) is 6.07 Å². The minimum absolute atomic E-state index is 0.152. The fourth-order valence-corrected chi connectivity index (χ4v) is 3.84. The van der Waals surface area contributed by atoms with Crippen LogP contribution in [0.1, 0.15) is 24.8 Å². The van der Waals surface area contributed by atoms with Gasteiger partial charge in [-0.15, -0.1) is 0 Å². The monoisotopic (exact) mass is 326 g/mol. The second kappa shape index (κ2) is 5.90. The summed E-state index contributed by atoms with van der Waals surface area (Å²) >= 11 is 3.37. The number of fused-ring (bicyclic) bond motifs is 1. The molecule has 0 spiro atoms. The van der Waals surface area contributed by atoms with E-state index in [1.807, 2.05) is 6.07 Å². The van der Waals surface area contributed by atoms with Crippen LogP contribution >= 0.6 is 15.9 Å². The van der Waals surface area contributed by atoms with E-state index in [0.29, 0.717) is 0 Å². The maximum absolute atomic E-state index is 13.4. The smallest absolute Gasteiger partial charge is 0.124 e. The van der Waals surface area contributed by atoms with Crippen molar-refractivity contribution in [3.05, 3.63) is 34.1 Å². The first-order valence-electron chi connectivity index (χ1n) is 7.12. The van der Waals surface area contributed by atoms with Gasteiger partial charge in [0.15, 0.2) is 0 Å². The minimum Gasteiger partial charge on any atom is -0.298 e. The van der Waals surface area contributed by atoms with Gasteiger partial charge in [-0.1, -0.05) is 22.4 Å². The van der Waals surface area contributed by atoms with Gasteiger partial charge in [-0.05, 0) is 43.1 Å². The van der Waals surface area contributed by atoms with Crippen LogP contribution in [0.4, 0.5) is 4.39 Å². The fourth-order valence-electron chi connectivity index (χ4n) is 3.32. The Morgan fingerprint density at radius 2 is 2.05 bits per heavy atom. The third-order valence-corrected chi connectivity index (χ3v) is 4.71. The summed E-state index contributed by atoms with van der Waals surface area (Å²) in [6.07, 6.45) is 4.04. The number of hydrogen-bond acceptors (Lipinski definition) is 2. The molecule has 0 bridgehead atoms. The Balaban J connectivity index is 1.64. The molecule has 1 aromatic rings. The molecule has 2 saturated heterocycles. The van der Waals surface area contributed by atoms with E-state index in [2.05, 4.69) is 25.7 Å². The van der Waals surface area contributed by atoms with Gasteiger partial charge in [0, 0.05) is 36.7 Å². The van der Waals surface area contributed by atoms with Gasteiger partial charge in [-0.2, -0.15) is 0 Å². The van der Waals surface area contributed by atoms with E-state index in [0.717, 1.165) is 35.7 Å². The zero-order valence-corrected chi connectivity index (χ0v) is 12.7. The number of piperazine rings is 1. The lowest BCUT2D eigenvalue weighted by molar-refractivity contribution is 0.0456. The van der Waals surface area contributed by atoms with Gasteiger partial charge in [-0.25, -0.2) is 4.39 Å². The lowest BCUT2D eigenvalue weighted by Gasteiger charge is -2.44. The fraction of sp³-hybridized carbons (Fsp3) is 0.600. The van der Waals surface area contributed by atoms with E-state index < -0.39 is 0 Å². The molecule has 2 nitrogen and oxygen atoms in total. The van der Waals surface area contributed by atoms with Gasteiger partial charge in [0.2, 0.25) is 0 Å². The summed E-state index contributed by atoms with van der Waals surface area (Å²) < 4.78 is 14.2. The molecule has 0 amide bonds. The van der Waals surface area contributed by atoms with Crippen LogP contribution in [0.3, 0.4) is 0 Å². The molecule has 0 aliphatic carbocycles. The molecular weight excluding hydrogens is 307 g/mol. The highest BCUT2D eigenvalue weighted by Gasteiger charge is 2.28. The number of piperidine rings is 1. The molecule has 2 fully saturated rings. The van der Waals surface area contributed by atoms with Crippen LogP contribution < -0.4 is 0 Å². The first kappa shape index (κ1) is 13.5. The molecule has 0 aromatic heterocycles. The van der Waals surface area contributed by atoms with Gasteiger partial charge in [0.1, 0.15) is 5.82 Å². The Morgan fingerprint density at radius 1 is 1.16 bits per heavy atom. The summed E-state index contributed by atoms with van der Waals surface area (Å²) in [7, 11) is 0. The zero-order chi connectivity index (χ0) is 13.2. The van der Waals surface area contributed by atoms with Crippen molar-refractivity contribution >= 4 is 15.9 Å². The second-order valence-corrected chi connectivity index (χ2v) is 6.61. The van der Waals surface area contributed by atoms with Crippen LogP contribution in [0.25, 0.3) is 0 Å². The molecule has 1 atom stereocenters. The molecule has 0 N–H and O–H groups in total. The number of rotatable bonds is 2. The largest absolute Gasteiger partial charge is 0.298 e. The Labute approximate surface area is 122 Å². The van der Waals surface area contributed by atoms with Crippen molar-refractivity contribution in [2.75, 3.05) is 26.2 Å². The molecule has 0 radical (unpaired) electrons. The number of nitrogens with zero attached hydrogens (tertiary/aromatic N) is 2. The summed E-state index contributed by atoms with van der Waals surface area (Å²) in [4.78, 5) is 5.09. The summed E-state index contributed by atoms with van der Waals surface area (Å²) in [6, 6.07) is 5.91. The quantitative estimate of drug-likeness (QED) is 0.823. The third-order valence-electron chi connectivity index (χ3n) is 4.25. The van der Waals surface area contributed by atoms with Gasteiger partial charge < -0.3 is 0 Å². The molecule has 4 heteroatoms. The second-order valence-electron chi connectivity index (χ2n) is 5.70. The molecule has 1 aromatic carbocycles. The molecular formula is C15H20BrFN2. The zero-order valence-electron chi connectivity index (χ0n) is 11.1. The van der Waals surface area contributed by atoms with Crippen LogP contribution in [-0.4, -0.2) is 42.0 Å². The molecule has 104 valence electrons. The van der Waals surface area contributed by atoms with Crippen molar-refractivity contribution in [2.45, 2.75) is 31.8 Å². The molecule has 19 heavy (non-hydrogen) atoms. The standard InChI is InChI=1S/C15H20BrFN2/c16-13-7-12(8-14(17)9-13)10-18-5-6-19-4-2-1-3-15(19)11-18/h7-9,15H,1-6,10-11H2. The van der Waals surface area contributed by atoms with Crippen LogP contribution in [0.5, 0.6) is 0 Å². The topological polar surface area (TPSA) is 6.48 Å². The minimum atomic E-state index is -0.152. The highest BCUT2D eigenvalue weighted by molar-refractivity contribution is 9.10. The Kier molecular flexibility index (Phi) is 4.20. The van der Waals surface area contributed by atoms with E-state index in [4.69, 9.17) is 0 Å².